The lowest BCUT2D eigenvalue weighted by Gasteiger charge is -2.07. The molecule has 3 heteroatoms. The highest BCUT2D eigenvalue weighted by molar-refractivity contribution is 5.78. The summed E-state index contributed by atoms with van der Waals surface area (Å²) in [5.41, 5.74) is 3.79. The van der Waals surface area contributed by atoms with Gasteiger partial charge < -0.3 is 5.32 Å². The van der Waals surface area contributed by atoms with Gasteiger partial charge in [-0.05, 0) is 35.7 Å². The van der Waals surface area contributed by atoms with Crippen molar-refractivity contribution in [1.82, 2.24) is 5.32 Å². The molecule has 2 aromatic rings. The lowest BCUT2D eigenvalue weighted by Crippen LogP contribution is -2.24. The second kappa shape index (κ2) is 6.53. The van der Waals surface area contributed by atoms with E-state index in [0.717, 1.165) is 16.7 Å². The van der Waals surface area contributed by atoms with Crippen molar-refractivity contribution in [3.05, 3.63) is 70.8 Å². The van der Waals surface area contributed by atoms with Gasteiger partial charge in [0.15, 0.2) is 0 Å². The average molecular weight is 264 g/mol. The Balaban J connectivity index is 1.89. The van der Waals surface area contributed by atoms with Crippen molar-refractivity contribution >= 4 is 5.91 Å². The molecule has 0 aliphatic heterocycles. The molecule has 2 aromatic carbocycles. The minimum atomic E-state index is 0.00339. The molecule has 1 amide bonds. The van der Waals surface area contributed by atoms with Crippen LogP contribution in [0.5, 0.6) is 0 Å². The van der Waals surface area contributed by atoms with Crippen LogP contribution in [0.25, 0.3) is 0 Å². The van der Waals surface area contributed by atoms with E-state index in [-0.39, 0.29) is 5.91 Å². The first-order chi connectivity index (χ1) is 9.69. The van der Waals surface area contributed by atoms with Crippen molar-refractivity contribution in [3.63, 3.8) is 0 Å². The van der Waals surface area contributed by atoms with Crippen LogP contribution in [0.4, 0.5) is 0 Å². The average Bonchev–Trinajstić information content (AvgIpc) is 2.48. The van der Waals surface area contributed by atoms with E-state index >= 15 is 0 Å². The molecule has 0 atom stereocenters. The third-order valence-corrected chi connectivity index (χ3v) is 3.18. The van der Waals surface area contributed by atoms with Gasteiger partial charge in [-0.15, -0.1) is 0 Å². The molecule has 20 heavy (non-hydrogen) atoms. The van der Waals surface area contributed by atoms with Crippen LogP contribution in [0, 0.1) is 18.3 Å². The number of hydrogen-bond acceptors (Lipinski definition) is 2. The van der Waals surface area contributed by atoms with Crippen LogP contribution in [0.15, 0.2) is 48.5 Å². The molecular formula is C17H16N2O. The highest BCUT2D eigenvalue weighted by Gasteiger charge is 2.05. The fraction of sp³-hybridized carbons (Fsp3) is 0.176. The molecule has 0 aromatic heterocycles. The standard InChI is InChI=1S/C17H16N2O/c1-13-4-2-3-5-16(13)10-17(20)19-12-15-8-6-14(11-18)7-9-15/h2-9H,10,12H2,1H3,(H,19,20). The summed E-state index contributed by atoms with van der Waals surface area (Å²) < 4.78 is 0. The summed E-state index contributed by atoms with van der Waals surface area (Å²) in [5, 5.41) is 11.6. The van der Waals surface area contributed by atoms with Crippen LogP contribution in [0.3, 0.4) is 0 Å². The normalized spacial score (nSPS) is 9.80. The summed E-state index contributed by atoms with van der Waals surface area (Å²) in [6.45, 7) is 2.49. The highest BCUT2D eigenvalue weighted by Crippen LogP contribution is 2.08. The zero-order valence-corrected chi connectivity index (χ0v) is 11.4. The quantitative estimate of drug-likeness (QED) is 0.923. The number of nitriles is 1. The van der Waals surface area contributed by atoms with Crippen LogP contribution in [-0.4, -0.2) is 5.91 Å². The monoisotopic (exact) mass is 264 g/mol. The molecule has 0 fully saturated rings. The van der Waals surface area contributed by atoms with Gasteiger partial charge in [0.1, 0.15) is 0 Å². The maximum Gasteiger partial charge on any atom is 0.224 e. The molecule has 0 unspecified atom stereocenters. The fourth-order valence-corrected chi connectivity index (χ4v) is 1.94. The van der Waals surface area contributed by atoms with Gasteiger partial charge in [-0.25, -0.2) is 0 Å². The summed E-state index contributed by atoms with van der Waals surface area (Å²) in [5.74, 6) is 0.00339. The number of benzene rings is 2. The van der Waals surface area contributed by atoms with E-state index in [2.05, 4.69) is 11.4 Å². The first kappa shape index (κ1) is 13.8. The van der Waals surface area contributed by atoms with Gasteiger partial charge in [0.2, 0.25) is 5.91 Å². The molecule has 0 saturated heterocycles. The topological polar surface area (TPSA) is 52.9 Å². The van der Waals surface area contributed by atoms with Crippen LogP contribution >= 0.6 is 0 Å². The third-order valence-electron chi connectivity index (χ3n) is 3.18. The number of nitrogens with one attached hydrogen (secondary N) is 1. The molecule has 0 aliphatic carbocycles. The van der Waals surface area contributed by atoms with Gasteiger partial charge in [-0.3, -0.25) is 4.79 Å². The van der Waals surface area contributed by atoms with Gasteiger partial charge >= 0.3 is 0 Å². The maximum atomic E-state index is 11.9. The minimum Gasteiger partial charge on any atom is -0.352 e. The van der Waals surface area contributed by atoms with E-state index in [0.29, 0.717) is 18.5 Å². The molecule has 1 N–H and O–H groups in total. The zero-order valence-electron chi connectivity index (χ0n) is 11.4. The van der Waals surface area contributed by atoms with E-state index < -0.39 is 0 Å². The number of carbonyl (C=O) groups excluding carboxylic acids is 1. The second-order valence-corrected chi connectivity index (χ2v) is 4.69. The number of carbonyl (C=O) groups is 1. The Morgan fingerprint density at radius 1 is 1.15 bits per heavy atom. The van der Waals surface area contributed by atoms with Gasteiger partial charge in [-0.1, -0.05) is 36.4 Å². The van der Waals surface area contributed by atoms with E-state index in [1.807, 2.05) is 43.3 Å². The fourth-order valence-electron chi connectivity index (χ4n) is 1.94. The number of hydrogen-bond donors (Lipinski definition) is 1. The van der Waals surface area contributed by atoms with Gasteiger partial charge in [0.05, 0.1) is 18.1 Å². The van der Waals surface area contributed by atoms with Crippen LogP contribution in [0.1, 0.15) is 22.3 Å². The van der Waals surface area contributed by atoms with Crippen molar-refractivity contribution < 1.29 is 4.79 Å². The van der Waals surface area contributed by atoms with Crippen LogP contribution in [0.2, 0.25) is 0 Å². The van der Waals surface area contributed by atoms with Gasteiger partial charge in [0, 0.05) is 6.54 Å². The Morgan fingerprint density at radius 3 is 2.50 bits per heavy atom. The molecule has 0 heterocycles. The number of nitrogens with zero attached hydrogens (tertiary/aromatic N) is 1. The predicted octanol–water partition coefficient (Wildman–Crippen LogP) is 2.73. The largest absolute Gasteiger partial charge is 0.352 e. The number of amides is 1. The third kappa shape index (κ3) is 3.69. The molecule has 0 spiro atoms. The van der Waals surface area contributed by atoms with Crippen LogP contribution < -0.4 is 5.32 Å². The molecule has 0 aliphatic rings. The molecule has 0 saturated carbocycles. The van der Waals surface area contributed by atoms with Crippen molar-refractivity contribution in [2.75, 3.05) is 0 Å². The van der Waals surface area contributed by atoms with E-state index in [9.17, 15) is 4.79 Å². The molecule has 0 radical (unpaired) electrons. The highest BCUT2D eigenvalue weighted by atomic mass is 16.1. The lowest BCUT2D eigenvalue weighted by molar-refractivity contribution is -0.120. The Hall–Kier alpha value is -2.60. The Labute approximate surface area is 118 Å². The smallest absolute Gasteiger partial charge is 0.224 e. The van der Waals surface area contributed by atoms with Gasteiger partial charge in [-0.2, -0.15) is 5.26 Å². The summed E-state index contributed by atoms with van der Waals surface area (Å²) in [4.78, 5) is 11.9. The first-order valence-corrected chi connectivity index (χ1v) is 6.49. The number of rotatable bonds is 4. The summed E-state index contributed by atoms with van der Waals surface area (Å²) in [6, 6.07) is 17.2. The van der Waals surface area contributed by atoms with Crippen molar-refractivity contribution in [2.45, 2.75) is 19.9 Å². The minimum absolute atomic E-state index is 0.00339. The maximum absolute atomic E-state index is 11.9. The van der Waals surface area contributed by atoms with E-state index in [4.69, 9.17) is 5.26 Å². The molecule has 2 rings (SSSR count). The first-order valence-electron chi connectivity index (χ1n) is 6.49. The van der Waals surface area contributed by atoms with Crippen molar-refractivity contribution in [2.24, 2.45) is 0 Å². The van der Waals surface area contributed by atoms with E-state index in [1.54, 1.807) is 12.1 Å². The summed E-state index contributed by atoms with van der Waals surface area (Å²) in [6.07, 6.45) is 0.392. The second-order valence-electron chi connectivity index (χ2n) is 4.69. The SMILES string of the molecule is Cc1ccccc1CC(=O)NCc1ccc(C#N)cc1. The summed E-state index contributed by atoms with van der Waals surface area (Å²) in [7, 11) is 0. The number of aryl methyl sites for hydroxylation is 1. The van der Waals surface area contributed by atoms with Crippen LogP contribution in [-0.2, 0) is 17.8 Å². The Morgan fingerprint density at radius 2 is 1.85 bits per heavy atom. The summed E-state index contributed by atoms with van der Waals surface area (Å²) >= 11 is 0. The van der Waals surface area contributed by atoms with Crippen molar-refractivity contribution in [3.8, 4) is 6.07 Å². The zero-order chi connectivity index (χ0) is 14.4. The molecule has 3 nitrogen and oxygen atoms in total. The Bertz CT molecular complexity index is 639. The van der Waals surface area contributed by atoms with Gasteiger partial charge in [0.25, 0.3) is 0 Å². The molecular weight excluding hydrogens is 248 g/mol. The predicted molar refractivity (Wildman–Crippen MR) is 77.9 cm³/mol. The lowest BCUT2D eigenvalue weighted by atomic mass is 10.1. The Kier molecular flexibility index (Phi) is 4.52. The van der Waals surface area contributed by atoms with E-state index in [1.165, 1.54) is 0 Å². The van der Waals surface area contributed by atoms with Crippen molar-refractivity contribution in [1.29, 1.82) is 5.26 Å². The molecule has 0 bridgehead atoms. The molecule has 100 valence electrons.